The van der Waals surface area contributed by atoms with E-state index in [1.165, 1.54) is 13.8 Å². The van der Waals surface area contributed by atoms with Gasteiger partial charge in [0.15, 0.2) is 0 Å². The molecule has 0 aromatic rings. The first-order valence-electron chi connectivity index (χ1n) is 10.6. The van der Waals surface area contributed by atoms with Crippen molar-refractivity contribution in [2.45, 2.75) is 70.4 Å². The Morgan fingerprint density at radius 3 is 2.32 bits per heavy atom. The number of hydrogen-bond donors (Lipinski definition) is 0. The van der Waals surface area contributed by atoms with Gasteiger partial charge in [-0.25, -0.2) is 12.7 Å². The number of halogens is 3. The molecule has 2 aliphatic carbocycles. The maximum absolute atomic E-state index is 15.2. The monoisotopic (exact) mass is 549 g/mol. The Labute approximate surface area is 191 Å². The van der Waals surface area contributed by atoms with Gasteiger partial charge in [0.25, 0.3) is 5.91 Å². The van der Waals surface area contributed by atoms with E-state index in [4.69, 9.17) is 9.05 Å². The van der Waals surface area contributed by atoms with E-state index in [1.54, 1.807) is 0 Å². The zero-order valence-electron chi connectivity index (χ0n) is 18.4. The van der Waals surface area contributed by atoms with Crippen molar-refractivity contribution in [1.82, 2.24) is 4.31 Å². The van der Waals surface area contributed by atoms with E-state index in [1.807, 2.05) is 13.8 Å². The predicted molar refractivity (Wildman–Crippen MR) is 116 cm³/mol. The van der Waals surface area contributed by atoms with Crippen LogP contribution in [0.15, 0.2) is 0 Å². The molecule has 5 atom stereocenters. The van der Waals surface area contributed by atoms with Crippen molar-refractivity contribution in [3.8, 4) is 0 Å². The Morgan fingerprint density at radius 1 is 1.29 bits per heavy atom. The third kappa shape index (κ3) is 3.47. The maximum atomic E-state index is 15.2. The molecule has 3 fully saturated rings. The van der Waals surface area contributed by atoms with Crippen molar-refractivity contribution < 1.29 is 35.6 Å². The summed E-state index contributed by atoms with van der Waals surface area (Å²) < 4.78 is 79.7. The number of amides is 1. The zero-order valence-corrected chi connectivity index (χ0v) is 21.7. The average Bonchev–Trinajstić information content (AvgIpc) is 3.14. The Hall–Kier alpha value is -0.0900. The third-order valence-electron chi connectivity index (χ3n) is 7.81. The van der Waals surface area contributed by atoms with Crippen LogP contribution in [0.25, 0.3) is 0 Å². The van der Waals surface area contributed by atoms with Gasteiger partial charge in [-0.15, -0.1) is 0 Å². The second-order valence-corrected chi connectivity index (χ2v) is 14.3. The summed E-state index contributed by atoms with van der Waals surface area (Å²) >= 11 is 3.01. The molecule has 0 aromatic heterocycles. The maximum Gasteiger partial charge on any atom is 0.399 e. The number of alkyl halides is 3. The van der Waals surface area contributed by atoms with Crippen LogP contribution in [-0.2, 0) is 28.4 Å². The molecule has 2 saturated carbocycles. The fourth-order valence-electron chi connectivity index (χ4n) is 5.89. The van der Waals surface area contributed by atoms with Crippen LogP contribution in [0.3, 0.4) is 0 Å². The summed E-state index contributed by atoms with van der Waals surface area (Å²) in [6.45, 7) is 7.43. The first-order chi connectivity index (χ1) is 14.1. The highest BCUT2D eigenvalue weighted by Gasteiger charge is 2.73. The Morgan fingerprint density at radius 2 is 1.84 bits per heavy atom. The van der Waals surface area contributed by atoms with E-state index in [0.29, 0.717) is 12.8 Å². The van der Waals surface area contributed by atoms with Crippen molar-refractivity contribution >= 4 is 39.5 Å². The van der Waals surface area contributed by atoms with Gasteiger partial charge in [-0.05, 0) is 44.4 Å². The molecular weight excluding hydrogens is 519 g/mol. The quantitative estimate of drug-likeness (QED) is 0.324. The molecular formula is C19H31BrF2NO6PS. The molecule has 31 heavy (non-hydrogen) atoms. The van der Waals surface area contributed by atoms with Gasteiger partial charge < -0.3 is 9.05 Å². The molecule has 7 nitrogen and oxygen atoms in total. The summed E-state index contributed by atoms with van der Waals surface area (Å²) in [6, 6.07) is -0.537. The van der Waals surface area contributed by atoms with Gasteiger partial charge in [-0.1, -0.05) is 36.7 Å². The number of carbonyl (C=O) groups excluding carboxylic acids is 1. The molecule has 1 spiro atoms. The largest absolute Gasteiger partial charge is 0.399 e. The molecule has 1 saturated heterocycles. The lowest BCUT2D eigenvalue weighted by molar-refractivity contribution is -0.131. The lowest BCUT2D eigenvalue weighted by Crippen LogP contribution is -2.49. The molecule has 0 radical (unpaired) electrons. The molecule has 180 valence electrons. The lowest BCUT2D eigenvalue weighted by atomic mass is 9.69. The standard InChI is InChI=1S/C19H31BrF2NO6PS/c1-6-28-30(25,29-7-2)19(21,22)12(3)15(20)16(24)23-14-10-13-8-9-18(14,17(13,4)5)11-31(23,26)27/h12-15H,6-11H2,1-5H3/t12-,13-,14+,15-,18-/m1/s1. The van der Waals surface area contributed by atoms with Gasteiger partial charge in [0, 0.05) is 5.41 Å². The van der Waals surface area contributed by atoms with Crippen molar-refractivity contribution in [1.29, 1.82) is 0 Å². The Balaban J connectivity index is 1.91. The average molecular weight is 550 g/mol. The van der Waals surface area contributed by atoms with Crippen LogP contribution in [0.1, 0.15) is 53.9 Å². The molecule has 0 unspecified atom stereocenters. The third-order valence-corrected chi connectivity index (χ3v) is 13.2. The number of rotatable bonds is 8. The fraction of sp³-hybridized carbons (Fsp3) is 0.947. The molecule has 0 N–H and O–H groups in total. The van der Waals surface area contributed by atoms with Gasteiger partial charge >= 0.3 is 13.3 Å². The summed E-state index contributed by atoms with van der Waals surface area (Å²) in [5.74, 6) is -2.65. The van der Waals surface area contributed by atoms with Crippen molar-refractivity contribution in [3.63, 3.8) is 0 Å². The highest BCUT2D eigenvalue weighted by molar-refractivity contribution is 9.10. The molecule has 3 rings (SSSR count). The van der Waals surface area contributed by atoms with Crippen molar-refractivity contribution in [3.05, 3.63) is 0 Å². The molecule has 2 bridgehead atoms. The predicted octanol–water partition coefficient (Wildman–Crippen LogP) is 4.61. The van der Waals surface area contributed by atoms with Gasteiger partial charge in [-0.3, -0.25) is 9.36 Å². The minimum atomic E-state index is -4.87. The topological polar surface area (TPSA) is 90.0 Å². The summed E-state index contributed by atoms with van der Waals surface area (Å²) in [5.41, 5.74) is -4.81. The molecule has 1 heterocycles. The number of nitrogens with zero attached hydrogens (tertiary/aromatic N) is 1. The Kier molecular flexibility index (Phi) is 6.59. The van der Waals surface area contributed by atoms with Gasteiger partial charge in [0.05, 0.1) is 30.9 Å². The number of carbonyl (C=O) groups is 1. The second-order valence-electron chi connectivity index (χ2n) is 9.37. The normalized spacial score (nSPS) is 33.4. The summed E-state index contributed by atoms with van der Waals surface area (Å²) in [5, 5.41) is 0. The Bertz CT molecular complexity index is 890. The number of fused-ring (bicyclic) bond motifs is 1. The van der Waals surface area contributed by atoms with E-state index in [9.17, 15) is 17.8 Å². The SMILES string of the molecule is CCOP(=O)(OCC)C(F)(F)[C@H](C)[C@@H](Br)C(=O)N1[C@H]2C[C@H]3CC[C@]2(CS1(=O)=O)C3(C)C. The summed E-state index contributed by atoms with van der Waals surface area (Å²) in [6.07, 6.45) is 2.14. The van der Waals surface area contributed by atoms with Crippen LogP contribution in [0, 0.1) is 22.7 Å². The second kappa shape index (κ2) is 8.00. The van der Waals surface area contributed by atoms with Crippen LogP contribution < -0.4 is 0 Å². The number of hydrogen-bond acceptors (Lipinski definition) is 6. The van der Waals surface area contributed by atoms with E-state index >= 15 is 8.78 Å². The highest BCUT2D eigenvalue weighted by atomic mass is 79.9. The molecule has 12 heteroatoms. The number of sulfonamides is 1. The lowest BCUT2D eigenvalue weighted by Gasteiger charge is -2.38. The first-order valence-corrected chi connectivity index (χ1v) is 14.7. The van der Waals surface area contributed by atoms with E-state index in [2.05, 4.69) is 15.9 Å². The molecule has 0 aromatic carbocycles. The highest BCUT2D eigenvalue weighted by Crippen LogP contribution is 2.70. The fourth-order valence-corrected chi connectivity index (χ4v) is 11.1. The smallest absolute Gasteiger partial charge is 0.305 e. The summed E-state index contributed by atoms with van der Waals surface area (Å²) in [4.78, 5) is 11.7. The van der Waals surface area contributed by atoms with Crippen LogP contribution in [0.2, 0.25) is 0 Å². The van der Waals surface area contributed by atoms with E-state index in [-0.39, 0.29) is 30.3 Å². The zero-order chi connectivity index (χ0) is 23.6. The van der Waals surface area contributed by atoms with E-state index < -0.39 is 51.4 Å². The van der Waals surface area contributed by atoms with Crippen LogP contribution in [0.4, 0.5) is 8.78 Å². The minimum absolute atomic E-state index is 0.152. The molecule has 1 amide bonds. The molecule has 1 aliphatic heterocycles. The van der Waals surface area contributed by atoms with Crippen LogP contribution in [0.5, 0.6) is 0 Å². The van der Waals surface area contributed by atoms with Gasteiger partial charge in [0.2, 0.25) is 10.0 Å². The van der Waals surface area contributed by atoms with E-state index in [0.717, 1.165) is 17.6 Å². The van der Waals surface area contributed by atoms with Crippen molar-refractivity contribution in [2.75, 3.05) is 19.0 Å². The van der Waals surface area contributed by atoms with Crippen LogP contribution in [-0.4, -0.2) is 54.1 Å². The van der Waals surface area contributed by atoms with Gasteiger partial charge in [0.1, 0.15) is 4.83 Å². The molecule has 3 aliphatic rings. The van der Waals surface area contributed by atoms with Gasteiger partial charge in [-0.2, -0.15) is 8.78 Å². The summed E-state index contributed by atoms with van der Waals surface area (Å²) in [7, 11) is -8.84. The van der Waals surface area contributed by atoms with Crippen LogP contribution >= 0.6 is 23.5 Å². The minimum Gasteiger partial charge on any atom is -0.305 e. The van der Waals surface area contributed by atoms with Crippen molar-refractivity contribution in [2.24, 2.45) is 22.7 Å². The first kappa shape index (κ1) is 25.5.